The largest absolute Gasteiger partial charge is 0.481 e. The van der Waals surface area contributed by atoms with Gasteiger partial charge < -0.3 is 36.9 Å². The number of imidazole rings is 1. The van der Waals surface area contributed by atoms with Crippen LogP contribution in [-0.2, 0) is 36.8 Å². The maximum absolute atomic E-state index is 13.2. The zero-order chi connectivity index (χ0) is 25.8. The highest BCUT2D eigenvalue weighted by molar-refractivity contribution is 5.94. The molecule has 0 spiro atoms. The molecule has 1 heterocycles. The molecule has 0 saturated heterocycles. The highest BCUT2D eigenvalue weighted by Gasteiger charge is 2.29. The Kier molecular flexibility index (Phi) is 10.4. The van der Waals surface area contributed by atoms with E-state index < -0.39 is 54.3 Å². The normalized spacial score (nSPS) is 13.2. The van der Waals surface area contributed by atoms with E-state index in [0.717, 1.165) is 0 Å². The summed E-state index contributed by atoms with van der Waals surface area (Å²) >= 11 is 0. The number of amides is 3. The van der Waals surface area contributed by atoms with Gasteiger partial charge >= 0.3 is 11.9 Å². The Morgan fingerprint density at radius 1 is 0.914 bits per heavy atom. The van der Waals surface area contributed by atoms with Crippen molar-refractivity contribution in [2.75, 3.05) is 6.54 Å². The van der Waals surface area contributed by atoms with Crippen LogP contribution >= 0.6 is 0 Å². The van der Waals surface area contributed by atoms with Gasteiger partial charge in [-0.1, -0.05) is 30.3 Å². The second-order valence-corrected chi connectivity index (χ2v) is 7.74. The van der Waals surface area contributed by atoms with Gasteiger partial charge in [0.1, 0.15) is 18.6 Å². The maximum atomic E-state index is 13.2. The number of H-pyrrole nitrogens is 1. The van der Waals surface area contributed by atoms with Crippen LogP contribution in [0.3, 0.4) is 0 Å². The Labute approximate surface area is 200 Å². The van der Waals surface area contributed by atoms with Gasteiger partial charge in [0.15, 0.2) is 0 Å². The lowest BCUT2D eigenvalue weighted by molar-refractivity contribution is -0.139. The second-order valence-electron chi connectivity index (χ2n) is 7.74. The molecule has 0 bridgehead atoms. The number of carboxylic acids is 2. The molecule has 0 fully saturated rings. The number of aromatic nitrogens is 2. The van der Waals surface area contributed by atoms with Gasteiger partial charge in [-0.05, 0) is 12.0 Å². The molecule has 13 heteroatoms. The van der Waals surface area contributed by atoms with Crippen molar-refractivity contribution in [1.82, 2.24) is 25.9 Å². The number of nitrogens with zero attached hydrogens (tertiary/aromatic N) is 1. The average Bonchev–Trinajstić information content (AvgIpc) is 3.33. The van der Waals surface area contributed by atoms with Gasteiger partial charge in [0.05, 0.1) is 12.4 Å². The van der Waals surface area contributed by atoms with E-state index in [9.17, 15) is 24.0 Å². The Hall–Kier alpha value is -4.26. The molecular formula is C22H28N6O7. The highest BCUT2D eigenvalue weighted by Crippen LogP contribution is 2.07. The summed E-state index contributed by atoms with van der Waals surface area (Å²) in [5.41, 5.74) is 7.01. The predicted molar refractivity (Wildman–Crippen MR) is 122 cm³/mol. The first-order valence-electron chi connectivity index (χ1n) is 10.7. The van der Waals surface area contributed by atoms with E-state index in [2.05, 4.69) is 25.9 Å². The van der Waals surface area contributed by atoms with Gasteiger partial charge in [0, 0.05) is 31.2 Å². The first-order chi connectivity index (χ1) is 16.7. The second kappa shape index (κ2) is 13.4. The fourth-order valence-electron chi connectivity index (χ4n) is 3.13. The third kappa shape index (κ3) is 9.63. The summed E-state index contributed by atoms with van der Waals surface area (Å²) < 4.78 is 0. The number of hydrogen-bond donors (Lipinski definition) is 7. The number of aliphatic carboxylic acids is 2. The molecule has 3 atom stereocenters. The van der Waals surface area contributed by atoms with Crippen molar-refractivity contribution in [3.05, 3.63) is 54.1 Å². The van der Waals surface area contributed by atoms with E-state index in [1.165, 1.54) is 12.5 Å². The summed E-state index contributed by atoms with van der Waals surface area (Å²) in [6.45, 7) is -0.642. The van der Waals surface area contributed by atoms with Crippen molar-refractivity contribution in [3.63, 3.8) is 0 Å². The van der Waals surface area contributed by atoms with E-state index in [0.29, 0.717) is 11.3 Å². The Morgan fingerprint density at radius 3 is 2.17 bits per heavy atom. The molecule has 0 aliphatic carbocycles. The first kappa shape index (κ1) is 27.0. The van der Waals surface area contributed by atoms with Crippen molar-refractivity contribution in [2.24, 2.45) is 5.73 Å². The summed E-state index contributed by atoms with van der Waals surface area (Å²) in [4.78, 5) is 66.6. The Balaban J connectivity index is 2.18. The van der Waals surface area contributed by atoms with Crippen molar-refractivity contribution in [2.45, 2.75) is 43.8 Å². The van der Waals surface area contributed by atoms with Crippen molar-refractivity contribution in [1.29, 1.82) is 0 Å². The third-order valence-corrected chi connectivity index (χ3v) is 4.95. The van der Waals surface area contributed by atoms with Gasteiger partial charge in [0.25, 0.3) is 0 Å². The van der Waals surface area contributed by atoms with E-state index >= 15 is 0 Å². The van der Waals surface area contributed by atoms with Gasteiger partial charge in [0.2, 0.25) is 17.7 Å². The molecule has 8 N–H and O–H groups in total. The first-order valence-corrected chi connectivity index (χ1v) is 10.7. The van der Waals surface area contributed by atoms with Crippen molar-refractivity contribution >= 4 is 29.7 Å². The molecule has 0 aliphatic rings. The van der Waals surface area contributed by atoms with Crippen molar-refractivity contribution < 1.29 is 34.2 Å². The van der Waals surface area contributed by atoms with Crippen molar-refractivity contribution in [3.8, 4) is 0 Å². The number of carbonyl (C=O) groups is 5. The van der Waals surface area contributed by atoms with Crippen LogP contribution in [0.4, 0.5) is 0 Å². The minimum absolute atomic E-state index is 0.0126. The molecule has 3 amide bonds. The maximum Gasteiger partial charge on any atom is 0.322 e. The van der Waals surface area contributed by atoms with Crippen LogP contribution in [0, 0.1) is 0 Å². The van der Waals surface area contributed by atoms with Crippen LogP contribution in [-0.4, -0.2) is 74.5 Å². The molecule has 0 saturated carbocycles. The molecule has 35 heavy (non-hydrogen) atoms. The lowest BCUT2D eigenvalue weighted by atomic mass is 10.0. The molecule has 13 nitrogen and oxygen atoms in total. The summed E-state index contributed by atoms with van der Waals surface area (Å²) in [6.07, 6.45) is 2.45. The number of carboxylic acid groups (broad SMARTS) is 2. The van der Waals surface area contributed by atoms with Gasteiger partial charge in [-0.2, -0.15) is 0 Å². The van der Waals surface area contributed by atoms with Gasteiger partial charge in [-0.3, -0.25) is 24.0 Å². The number of rotatable bonds is 14. The number of benzene rings is 1. The van der Waals surface area contributed by atoms with Crippen LogP contribution < -0.4 is 21.7 Å². The minimum Gasteiger partial charge on any atom is -0.481 e. The van der Waals surface area contributed by atoms with Crippen LogP contribution in [0.1, 0.15) is 24.1 Å². The quantitative estimate of drug-likeness (QED) is 0.165. The average molecular weight is 489 g/mol. The topological polar surface area (TPSA) is 217 Å². The SMILES string of the molecule is NC(CCC(=O)O)C(=O)NC(Cc1ccccc1)C(=O)NC(Cc1cnc[nH]1)C(=O)NCC(=O)O. The summed E-state index contributed by atoms with van der Waals surface area (Å²) in [5.74, 6) is -4.53. The highest BCUT2D eigenvalue weighted by atomic mass is 16.4. The molecule has 1 aromatic heterocycles. The molecule has 1 aromatic carbocycles. The summed E-state index contributed by atoms with van der Waals surface area (Å²) in [5, 5.41) is 25.0. The summed E-state index contributed by atoms with van der Waals surface area (Å²) in [7, 11) is 0. The summed E-state index contributed by atoms with van der Waals surface area (Å²) in [6, 6.07) is 5.33. The van der Waals surface area contributed by atoms with E-state index in [4.69, 9.17) is 15.9 Å². The number of aromatic amines is 1. The zero-order valence-electron chi connectivity index (χ0n) is 18.8. The zero-order valence-corrected chi connectivity index (χ0v) is 18.8. The molecule has 2 rings (SSSR count). The number of nitrogens with one attached hydrogen (secondary N) is 4. The van der Waals surface area contributed by atoms with Gasteiger partial charge in [-0.25, -0.2) is 4.98 Å². The Morgan fingerprint density at radius 2 is 1.57 bits per heavy atom. The molecule has 0 radical (unpaired) electrons. The molecular weight excluding hydrogens is 460 g/mol. The monoisotopic (exact) mass is 488 g/mol. The van der Waals surface area contributed by atoms with Crippen LogP contribution in [0.15, 0.2) is 42.9 Å². The van der Waals surface area contributed by atoms with E-state index in [1.807, 2.05) is 0 Å². The lowest BCUT2D eigenvalue weighted by Crippen LogP contribution is -2.57. The lowest BCUT2D eigenvalue weighted by Gasteiger charge is -2.24. The van der Waals surface area contributed by atoms with E-state index in [-0.39, 0.29) is 25.7 Å². The van der Waals surface area contributed by atoms with Gasteiger partial charge in [-0.15, -0.1) is 0 Å². The number of hydrogen-bond acceptors (Lipinski definition) is 7. The standard InChI is InChI=1S/C22H28N6O7/c23-15(6-7-18(29)30)20(33)27-16(8-13-4-2-1-3-5-13)22(35)28-17(9-14-10-24-12-26-14)21(34)25-11-19(31)32/h1-5,10,12,15-17H,6-9,11,23H2,(H,24,26)(H,25,34)(H,27,33)(H,28,35)(H,29,30)(H,31,32). The van der Waals surface area contributed by atoms with Crippen LogP contribution in [0.25, 0.3) is 0 Å². The molecule has 188 valence electrons. The minimum atomic E-state index is -1.26. The molecule has 0 aliphatic heterocycles. The smallest absolute Gasteiger partial charge is 0.322 e. The fraction of sp³-hybridized carbons (Fsp3) is 0.364. The number of carbonyl (C=O) groups excluding carboxylic acids is 3. The van der Waals surface area contributed by atoms with E-state index in [1.54, 1.807) is 30.3 Å². The van der Waals surface area contributed by atoms with Crippen LogP contribution in [0.2, 0.25) is 0 Å². The third-order valence-electron chi connectivity index (χ3n) is 4.95. The molecule has 2 aromatic rings. The number of nitrogens with two attached hydrogens (primary N) is 1. The predicted octanol–water partition coefficient (Wildman–Crippen LogP) is -1.44. The Bertz CT molecular complexity index is 1010. The molecule has 3 unspecified atom stereocenters. The van der Waals surface area contributed by atoms with Crippen LogP contribution in [0.5, 0.6) is 0 Å². The fourth-order valence-corrected chi connectivity index (χ4v) is 3.13.